The van der Waals surface area contributed by atoms with E-state index in [9.17, 15) is 18.0 Å². The summed E-state index contributed by atoms with van der Waals surface area (Å²) < 4.78 is 22.9. The highest BCUT2D eigenvalue weighted by Crippen LogP contribution is 2.26. The fourth-order valence-corrected chi connectivity index (χ4v) is 4.72. The second-order valence-corrected chi connectivity index (χ2v) is 7.99. The molecule has 0 aliphatic carbocycles. The summed E-state index contributed by atoms with van der Waals surface area (Å²) in [7, 11) is -3.04. The first kappa shape index (κ1) is 15.0. The Kier molecular flexibility index (Phi) is 3.90. The van der Waals surface area contributed by atoms with Crippen molar-refractivity contribution in [1.29, 1.82) is 0 Å². The first-order chi connectivity index (χ1) is 10.5. The molecule has 2 amide bonds. The van der Waals surface area contributed by atoms with E-state index in [1.165, 1.54) is 4.90 Å². The number of sulfone groups is 1. The number of hydrogen-bond acceptors (Lipinski definition) is 4. The van der Waals surface area contributed by atoms with Gasteiger partial charge in [0, 0.05) is 18.2 Å². The molecule has 7 heteroatoms. The van der Waals surface area contributed by atoms with E-state index in [0.29, 0.717) is 24.9 Å². The number of carbonyl (C=O) groups is 2. The van der Waals surface area contributed by atoms with Gasteiger partial charge in [-0.25, -0.2) is 8.42 Å². The van der Waals surface area contributed by atoms with Gasteiger partial charge in [-0.2, -0.15) is 0 Å². The van der Waals surface area contributed by atoms with Gasteiger partial charge in [0.05, 0.1) is 11.5 Å². The van der Waals surface area contributed by atoms with E-state index in [1.807, 2.05) is 18.2 Å². The molecule has 2 fully saturated rings. The van der Waals surface area contributed by atoms with Crippen molar-refractivity contribution in [2.75, 3.05) is 16.4 Å². The smallest absolute Gasteiger partial charge is 0.243 e. The molecule has 2 aliphatic rings. The third-order valence-electron chi connectivity index (χ3n) is 4.13. The van der Waals surface area contributed by atoms with Crippen LogP contribution in [-0.4, -0.2) is 43.8 Å². The minimum Gasteiger partial charge on any atom is -0.351 e. The van der Waals surface area contributed by atoms with Gasteiger partial charge in [0.1, 0.15) is 6.04 Å². The van der Waals surface area contributed by atoms with E-state index in [0.717, 1.165) is 0 Å². The van der Waals surface area contributed by atoms with E-state index in [1.54, 1.807) is 12.1 Å². The molecule has 2 atom stereocenters. The second-order valence-electron chi connectivity index (χ2n) is 5.76. The minimum atomic E-state index is -3.04. The molecule has 0 saturated carbocycles. The number of amides is 2. The molecule has 2 unspecified atom stereocenters. The molecule has 3 rings (SSSR count). The molecule has 1 aromatic carbocycles. The van der Waals surface area contributed by atoms with Crippen molar-refractivity contribution in [2.45, 2.75) is 31.3 Å². The van der Waals surface area contributed by atoms with E-state index in [-0.39, 0.29) is 29.4 Å². The third-order valence-corrected chi connectivity index (χ3v) is 5.90. The van der Waals surface area contributed by atoms with E-state index in [2.05, 4.69) is 5.32 Å². The normalized spacial score (nSPS) is 27.1. The zero-order valence-corrected chi connectivity index (χ0v) is 12.9. The number of hydrogen-bond donors (Lipinski definition) is 1. The average molecular weight is 322 g/mol. The van der Waals surface area contributed by atoms with Crippen LogP contribution in [0.25, 0.3) is 0 Å². The van der Waals surface area contributed by atoms with Crippen LogP contribution in [0.3, 0.4) is 0 Å². The molecule has 0 aromatic heterocycles. The van der Waals surface area contributed by atoms with Crippen LogP contribution in [-0.2, 0) is 19.4 Å². The van der Waals surface area contributed by atoms with E-state index in [4.69, 9.17) is 0 Å². The number of carbonyl (C=O) groups excluding carboxylic acids is 2. The molecule has 0 bridgehead atoms. The van der Waals surface area contributed by atoms with Gasteiger partial charge in [-0.05, 0) is 25.0 Å². The summed E-state index contributed by atoms with van der Waals surface area (Å²) in [6, 6.07) is 8.18. The SMILES string of the molecule is O=C(NC1CCS(=O)(=O)C1)C1CCC(=O)N1c1ccccc1. The maximum absolute atomic E-state index is 12.4. The predicted molar refractivity (Wildman–Crippen MR) is 82.2 cm³/mol. The monoisotopic (exact) mass is 322 g/mol. The minimum absolute atomic E-state index is 0.00918. The molecule has 2 aliphatic heterocycles. The van der Waals surface area contributed by atoms with Crippen LogP contribution in [0, 0.1) is 0 Å². The van der Waals surface area contributed by atoms with Crippen LogP contribution in [0.4, 0.5) is 5.69 Å². The zero-order valence-electron chi connectivity index (χ0n) is 12.1. The Morgan fingerprint density at radius 1 is 1.18 bits per heavy atom. The van der Waals surface area contributed by atoms with Crippen LogP contribution < -0.4 is 10.2 Å². The maximum atomic E-state index is 12.4. The van der Waals surface area contributed by atoms with Crippen molar-refractivity contribution in [3.05, 3.63) is 30.3 Å². The van der Waals surface area contributed by atoms with Gasteiger partial charge in [-0.15, -0.1) is 0 Å². The van der Waals surface area contributed by atoms with Gasteiger partial charge < -0.3 is 5.32 Å². The Hall–Kier alpha value is -1.89. The summed E-state index contributed by atoms with van der Waals surface area (Å²) in [5.74, 6) is -0.239. The van der Waals surface area contributed by atoms with E-state index >= 15 is 0 Å². The average Bonchev–Trinajstić information content (AvgIpc) is 3.02. The largest absolute Gasteiger partial charge is 0.351 e. The standard InChI is InChI=1S/C15H18N2O4S/c18-14-7-6-13(17(14)12-4-2-1-3-5-12)15(19)16-11-8-9-22(20,21)10-11/h1-5,11,13H,6-10H2,(H,16,19). The first-order valence-electron chi connectivity index (χ1n) is 7.34. The van der Waals surface area contributed by atoms with Gasteiger partial charge >= 0.3 is 0 Å². The number of nitrogens with zero attached hydrogens (tertiary/aromatic N) is 1. The number of anilines is 1. The number of benzene rings is 1. The summed E-state index contributed by atoms with van der Waals surface area (Å²) in [5, 5.41) is 2.78. The van der Waals surface area contributed by atoms with Gasteiger partial charge in [0.2, 0.25) is 11.8 Å². The fraction of sp³-hybridized carbons (Fsp3) is 0.467. The summed E-state index contributed by atoms with van der Waals surface area (Å²) in [6.07, 6.45) is 1.23. The van der Waals surface area contributed by atoms with Crippen LogP contribution in [0.1, 0.15) is 19.3 Å². The fourth-order valence-electron chi connectivity index (χ4n) is 3.05. The summed E-state index contributed by atoms with van der Waals surface area (Å²) in [4.78, 5) is 26.0. The third kappa shape index (κ3) is 2.99. The van der Waals surface area contributed by atoms with Crippen molar-refractivity contribution >= 4 is 27.3 Å². The maximum Gasteiger partial charge on any atom is 0.243 e. The van der Waals surface area contributed by atoms with Crippen LogP contribution in [0.5, 0.6) is 0 Å². The number of para-hydroxylation sites is 1. The Morgan fingerprint density at radius 3 is 2.55 bits per heavy atom. The van der Waals surface area contributed by atoms with Gasteiger partial charge in [-0.1, -0.05) is 18.2 Å². The number of nitrogens with one attached hydrogen (secondary N) is 1. The van der Waals surface area contributed by atoms with Crippen molar-refractivity contribution in [2.24, 2.45) is 0 Å². The Morgan fingerprint density at radius 2 is 1.91 bits per heavy atom. The lowest BCUT2D eigenvalue weighted by atomic mass is 10.1. The summed E-state index contributed by atoms with van der Waals surface area (Å²) in [6.45, 7) is 0. The quantitative estimate of drug-likeness (QED) is 0.877. The van der Waals surface area contributed by atoms with Crippen molar-refractivity contribution < 1.29 is 18.0 Å². The number of rotatable bonds is 3. The van der Waals surface area contributed by atoms with E-state index < -0.39 is 15.9 Å². The molecule has 2 heterocycles. The highest BCUT2D eigenvalue weighted by atomic mass is 32.2. The lowest BCUT2D eigenvalue weighted by Crippen LogP contribution is -2.48. The van der Waals surface area contributed by atoms with Crippen LogP contribution >= 0.6 is 0 Å². The Bertz CT molecular complexity index is 687. The molecular weight excluding hydrogens is 304 g/mol. The highest BCUT2D eigenvalue weighted by Gasteiger charge is 2.39. The molecule has 0 spiro atoms. The molecule has 22 heavy (non-hydrogen) atoms. The van der Waals surface area contributed by atoms with Crippen LogP contribution in [0.2, 0.25) is 0 Å². The van der Waals surface area contributed by atoms with Gasteiger partial charge in [-0.3, -0.25) is 14.5 Å². The molecule has 2 saturated heterocycles. The Balaban J connectivity index is 1.73. The molecule has 118 valence electrons. The van der Waals surface area contributed by atoms with Crippen molar-refractivity contribution in [1.82, 2.24) is 5.32 Å². The van der Waals surface area contributed by atoms with Gasteiger partial charge in [0.15, 0.2) is 9.84 Å². The van der Waals surface area contributed by atoms with Crippen molar-refractivity contribution in [3.63, 3.8) is 0 Å². The lowest BCUT2D eigenvalue weighted by Gasteiger charge is -2.25. The molecular formula is C15H18N2O4S. The predicted octanol–water partition coefficient (Wildman–Crippen LogP) is 0.485. The highest BCUT2D eigenvalue weighted by molar-refractivity contribution is 7.91. The topological polar surface area (TPSA) is 83.5 Å². The summed E-state index contributed by atoms with van der Waals surface area (Å²) in [5.41, 5.74) is 0.698. The summed E-state index contributed by atoms with van der Waals surface area (Å²) >= 11 is 0. The van der Waals surface area contributed by atoms with Crippen molar-refractivity contribution in [3.8, 4) is 0 Å². The van der Waals surface area contributed by atoms with Gasteiger partial charge in [0.25, 0.3) is 0 Å². The molecule has 6 nitrogen and oxygen atoms in total. The molecule has 0 radical (unpaired) electrons. The second kappa shape index (κ2) is 5.72. The molecule has 1 N–H and O–H groups in total. The Labute approximate surface area is 129 Å². The molecule has 1 aromatic rings. The first-order valence-corrected chi connectivity index (χ1v) is 9.16. The van der Waals surface area contributed by atoms with Crippen LogP contribution in [0.15, 0.2) is 30.3 Å². The lowest BCUT2D eigenvalue weighted by molar-refractivity contribution is -0.124. The zero-order chi connectivity index (χ0) is 15.7.